The largest absolute Gasteiger partial charge is 0.868 e. The van der Waals surface area contributed by atoms with E-state index in [1.807, 2.05) is 0 Å². The van der Waals surface area contributed by atoms with Crippen LogP contribution in [0.2, 0.25) is 0 Å². The summed E-state index contributed by atoms with van der Waals surface area (Å²) in [5.41, 5.74) is -0.445. The molecule has 23 heavy (non-hydrogen) atoms. The van der Waals surface area contributed by atoms with Gasteiger partial charge < -0.3 is 10.4 Å². The van der Waals surface area contributed by atoms with E-state index in [0.29, 0.717) is 0 Å². The highest BCUT2D eigenvalue weighted by Crippen LogP contribution is 2.25. The number of rotatable bonds is 4. The van der Waals surface area contributed by atoms with Gasteiger partial charge in [0, 0.05) is 12.1 Å². The van der Waals surface area contributed by atoms with E-state index in [9.17, 15) is 20.0 Å². The molecule has 1 aliphatic rings. The Morgan fingerprint density at radius 1 is 1.35 bits per heavy atom. The lowest BCUT2D eigenvalue weighted by Crippen LogP contribution is -2.36. The lowest BCUT2D eigenvalue weighted by molar-refractivity contribution is -0.398. The molecule has 1 aromatic rings. The van der Waals surface area contributed by atoms with Crippen LogP contribution in [0.3, 0.4) is 0 Å². The van der Waals surface area contributed by atoms with E-state index < -0.39 is 22.3 Å². The van der Waals surface area contributed by atoms with E-state index >= 15 is 0 Å². The molecule has 0 unspecified atom stereocenters. The molecule has 0 saturated heterocycles. The highest BCUT2D eigenvalue weighted by molar-refractivity contribution is 6.01. The van der Waals surface area contributed by atoms with Crippen LogP contribution < -0.4 is 10.4 Å². The molecule has 120 valence electrons. The molecule has 0 aromatic heterocycles. The molecule has 0 heterocycles. The minimum Gasteiger partial charge on any atom is -0.868 e. The first-order chi connectivity index (χ1) is 11.0. The summed E-state index contributed by atoms with van der Waals surface area (Å²) in [7, 11) is 0. The molecule has 2 rings (SSSR count). The summed E-state index contributed by atoms with van der Waals surface area (Å²) < 4.78 is 0. The zero-order chi connectivity index (χ0) is 16.8. The second-order valence-corrected chi connectivity index (χ2v) is 5.46. The molecule has 1 N–H and O–H groups in total. The normalized spacial score (nSPS) is 15.7. The highest BCUT2D eigenvalue weighted by atomic mass is 16.6. The van der Waals surface area contributed by atoms with E-state index in [1.165, 1.54) is 12.1 Å². The number of hydrogen-bond acceptors (Lipinski definition) is 5. The highest BCUT2D eigenvalue weighted by Gasteiger charge is 2.18. The van der Waals surface area contributed by atoms with E-state index in [-0.39, 0.29) is 17.2 Å². The average molecular weight is 314 g/mol. The first-order valence-electron chi connectivity index (χ1n) is 7.39. The summed E-state index contributed by atoms with van der Waals surface area (Å²) in [6, 6.07) is 5.33. The van der Waals surface area contributed by atoms with Crippen molar-refractivity contribution in [1.29, 1.82) is 5.26 Å². The average Bonchev–Trinajstić information content (AvgIpc) is 2.54. The van der Waals surface area contributed by atoms with Crippen LogP contribution in [-0.4, -0.2) is 16.9 Å². The van der Waals surface area contributed by atoms with Gasteiger partial charge in [0.05, 0.1) is 4.92 Å². The van der Waals surface area contributed by atoms with Gasteiger partial charge in [-0.05, 0) is 30.2 Å². The number of nitriles is 1. The summed E-state index contributed by atoms with van der Waals surface area (Å²) in [6.07, 6.45) is 6.28. The second kappa shape index (κ2) is 7.40. The van der Waals surface area contributed by atoms with Crippen molar-refractivity contribution in [2.75, 3.05) is 0 Å². The summed E-state index contributed by atoms with van der Waals surface area (Å²) in [5, 5.41) is 34.1. The van der Waals surface area contributed by atoms with Crippen LogP contribution in [-0.2, 0) is 4.79 Å². The predicted octanol–water partition coefficient (Wildman–Crippen LogP) is 2.02. The van der Waals surface area contributed by atoms with Crippen molar-refractivity contribution in [1.82, 2.24) is 5.32 Å². The van der Waals surface area contributed by atoms with Gasteiger partial charge in [-0.3, -0.25) is 14.9 Å². The number of nitro benzene ring substituents is 1. The van der Waals surface area contributed by atoms with Crippen LogP contribution in [0.15, 0.2) is 23.8 Å². The zero-order valence-electron chi connectivity index (χ0n) is 12.4. The lowest BCUT2D eigenvalue weighted by atomic mass is 9.95. The van der Waals surface area contributed by atoms with Gasteiger partial charge in [-0.1, -0.05) is 31.4 Å². The Kier molecular flexibility index (Phi) is 5.31. The van der Waals surface area contributed by atoms with Crippen LogP contribution in [0.25, 0.3) is 6.08 Å². The Labute approximate surface area is 133 Å². The Morgan fingerprint density at radius 3 is 2.65 bits per heavy atom. The van der Waals surface area contributed by atoms with Crippen molar-refractivity contribution in [3.05, 3.63) is 39.4 Å². The topological polar surface area (TPSA) is 119 Å². The maximum Gasteiger partial charge on any atom is 0.262 e. The molecule has 7 heteroatoms. The van der Waals surface area contributed by atoms with E-state index in [2.05, 4.69) is 5.32 Å². The Balaban J connectivity index is 2.17. The summed E-state index contributed by atoms with van der Waals surface area (Å²) in [6.45, 7) is 0. The number of nitro groups is 1. The van der Waals surface area contributed by atoms with Gasteiger partial charge in [0.1, 0.15) is 11.6 Å². The Bertz CT molecular complexity index is 685. The molecule has 1 fully saturated rings. The third-order valence-corrected chi connectivity index (χ3v) is 3.80. The third-order valence-electron chi connectivity index (χ3n) is 3.80. The van der Waals surface area contributed by atoms with Crippen molar-refractivity contribution in [2.24, 2.45) is 0 Å². The second-order valence-electron chi connectivity index (χ2n) is 5.46. The van der Waals surface area contributed by atoms with Crippen LogP contribution in [0, 0.1) is 21.4 Å². The molecule has 0 spiro atoms. The van der Waals surface area contributed by atoms with Crippen molar-refractivity contribution >= 4 is 17.7 Å². The van der Waals surface area contributed by atoms with E-state index in [4.69, 9.17) is 5.26 Å². The molecule has 0 radical (unpaired) electrons. The minimum absolute atomic E-state index is 0.0614. The first-order valence-corrected chi connectivity index (χ1v) is 7.39. The number of amides is 1. The van der Waals surface area contributed by atoms with Gasteiger partial charge in [0.25, 0.3) is 11.6 Å². The number of carbonyl (C=O) groups is 1. The number of benzene rings is 1. The molecule has 1 amide bonds. The monoisotopic (exact) mass is 314 g/mol. The van der Waals surface area contributed by atoms with E-state index in [1.54, 1.807) is 6.07 Å². The maximum absolute atomic E-state index is 12.1. The maximum atomic E-state index is 12.1. The number of hydrogen-bond donors (Lipinski definition) is 1. The van der Waals surface area contributed by atoms with Crippen LogP contribution >= 0.6 is 0 Å². The Morgan fingerprint density at radius 2 is 2.04 bits per heavy atom. The summed E-state index contributed by atoms with van der Waals surface area (Å²) >= 11 is 0. The molecule has 0 aliphatic heterocycles. The zero-order valence-corrected chi connectivity index (χ0v) is 12.4. The van der Waals surface area contributed by atoms with Crippen LogP contribution in [0.4, 0.5) is 5.69 Å². The first kappa shape index (κ1) is 16.5. The fourth-order valence-electron chi connectivity index (χ4n) is 2.59. The van der Waals surface area contributed by atoms with E-state index in [0.717, 1.165) is 44.2 Å². The third kappa shape index (κ3) is 4.30. The van der Waals surface area contributed by atoms with Gasteiger partial charge in [0.15, 0.2) is 0 Å². The number of carbonyl (C=O) groups excluding carboxylic acids is 1. The molecule has 7 nitrogen and oxygen atoms in total. The lowest BCUT2D eigenvalue weighted by Gasteiger charge is -2.22. The van der Waals surface area contributed by atoms with Crippen molar-refractivity contribution in [3.63, 3.8) is 0 Å². The van der Waals surface area contributed by atoms with Crippen LogP contribution in [0.1, 0.15) is 37.7 Å². The quantitative estimate of drug-likeness (QED) is 0.394. The molecule has 0 bridgehead atoms. The number of nitrogens with one attached hydrogen (secondary N) is 1. The smallest absolute Gasteiger partial charge is 0.262 e. The van der Waals surface area contributed by atoms with Crippen molar-refractivity contribution < 1.29 is 14.8 Å². The molecular weight excluding hydrogens is 298 g/mol. The number of nitrogens with zero attached hydrogens (tertiary/aromatic N) is 2. The van der Waals surface area contributed by atoms with Crippen molar-refractivity contribution in [2.45, 2.75) is 38.1 Å². The summed E-state index contributed by atoms with van der Waals surface area (Å²) in [5.74, 6) is -1.20. The molecular formula is C16H16N3O4-. The summed E-state index contributed by atoms with van der Waals surface area (Å²) in [4.78, 5) is 22.1. The molecule has 0 atom stereocenters. The van der Waals surface area contributed by atoms with Crippen LogP contribution in [0.5, 0.6) is 5.75 Å². The van der Waals surface area contributed by atoms with Gasteiger partial charge in [-0.25, -0.2) is 0 Å². The predicted molar refractivity (Wildman–Crippen MR) is 81.1 cm³/mol. The SMILES string of the molecule is N#C/C(=C\c1ccc([O-])c([N+](=O)[O-])c1)C(=O)NC1CCCCC1. The Hall–Kier alpha value is -2.88. The van der Waals surface area contributed by atoms with Gasteiger partial charge >= 0.3 is 0 Å². The van der Waals surface area contributed by atoms with Gasteiger partial charge in [-0.2, -0.15) is 5.26 Å². The van der Waals surface area contributed by atoms with Crippen molar-refractivity contribution in [3.8, 4) is 11.8 Å². The fraction of sp³-hybridized carbons (Fsp3) is 0.375. The molecule has 1 aromatic carbocycles. The molecule has 1 saturated carbocycles. The van der Waals surface area contributed by atoms with Gasteiger partial charge in [-0.15, -0.1) is 0 Å². The molecule has 1 aliphatic carbocycles. The van der Waals surface area contributed by atoms with Gasteiger partial charge in [0.2, 0.25) is 0 Å². The minimum atomic E-state index is -0.784. The standard InChI is InChI=1S/C16H17N3O4/c17-10-12(16(21)18-13-4-2-1-3-5-13)8-11-6-7-15(20)14(9-11)19(22)23/h6-9,13,20H,1-5H2,(H,18,21)/p-1/b12-8+. The fourth-order valence-corrected chi connectivity index (χ4v) is 2.59.